The molecule has 6 aromatic heterocycles. The van der Waals surface area contributed by atoms with Crippen molar-refractivity contribution in [2.24, 2.45) is 0 Å². The fraction of sp³-hybridized carbons (Fsp3) is 0.0978. The molecule has 538 valence electrons. The molecule has 12 aromatic carbocycles. The van der Waals surface area contributed by atoms with E-state index in [4.69, 9.17) is 68.6 Å². The van der Waals surface area contributed by atoms with Gasteiger partial charge in [-0.3, -0.25) is 25.5 Å². The molecule has 0 unspecified atom stereocenters. The van der Waals surface area contributed by atoms with Gasteiger partial charge in [0.15, 0.2) is 0 Å². The number of terminal acetylenes is 1. The zero-order valence-corrected chi connectivity index (χ0v) is 63.1. The van der Waals surface area contributed by atoms with E-state index >= 15 is 0 Å². The lowest BCUT2D eigenvalue weighted by molar-refractivity contribution is 0.00578. The van der Waals surface area contributed by atoms with E-state index in [1.807, 2.05) is 188 Å². The SMILES string of the molecule is C.C#CC#CC.CC1(C)OB(c2cccc3oc4ccc(-c5nc6ccccc6n5-c5ccccc5)cc4c23)OC1(C)C.Clc1cccc2oc3ccc(-c4nc5ccccc5n4-c4ccccc4)cc3c12.Clc1cccc2oc3ccc(Br)cc3c12.OB(O)c1nc2ccccc2n1-c1ccccc1.[C-]#CC#CC. The fourth-order valence-corrected chi connectivity index (χ4v) is 14.1. The van der Waals surface area contributed by atoms with Crippen LogP contribution in [0.25, 0.3) is 139 Å². The van der Waals surface area contributed by atoms with Crippen molar-refractivity contribution in [2.45, 2.75) is 60.2 Å². The molecule has 1 saturated heterocycles. The van der Waals surface area contributed by atoms with Crippen molar-refractivity contribution < 1.29 is 32.6 Å². The quantitative estimate of drug-likeness (QED) is 0.0896. The zero-order chi connectivity index (χ0) is 75.9. The second-order valence-electron chi connectivity index (χ2n) is 26.1. The number of aromatic nitrogens is 6. The Hall–Kier alpha value is -12.3. The van der Waals surface area contributed by atoms with Gasteiger partial charge in [0.1, 0.15) is 50.9 Å². The van der Waals surface area contributed by atoms with Crippen molar-refractivity contribution in [3.8, 4) is 81.8 Å². The van der Waals surface area contributed by atoms with Crippen molar-refractivity contribution in [1.29, 1.82) is 0 Å². The summed E-state index contributed by atoms with van der Waals surface area (Å²) < 4.78 is 38.0. The summed E-state index contributed by atoms with van der Waals surface area (Å²) in [6.07, 6.45) is 10.9. The van der Waals surface area contributed by atoms with Crippen LogP contribution < -0.4 is 11.2 Å². The molecule has 19 rings (SSSR count). The highest BCUT2D eigenvalue weighted by Crippen LogP contribution is 2.42. The molecule has 18 aromatic rings. The molecule has 18 heteroatoms. The highest BCUT2D eigenvalue weighted by Gasteiger charge is 2.52. The van der Waals surface area contributed by atoms with Gasteiger partial charge in [0.25, 0.3) is 0 Å². The molecule has 0 atom stereocenters. The van der Waals surface area contributed by atoms with Crippen LogP contribution in [-0.2, 0) is 9.31 Å². The lowest BCUT2D eigenvalue weighted by Gasteiger charge is -2.32. The van der Waals surface area contributed by atoms with E-state index in [2.05, 4.69) is 178 Å². The van der Waals surface area contributed by atoms with E-state index in [9.17, 15) is 10.0 Å². The predicted molar refractivity (Wildman–Crippen MR) is 455 cm³/mol. The summed E-state index contributed by atoms with van der Waals surface area (Å²) in [7, 11) is -2.08. The predicted octanol–water partition coefficient (Wildman–Crippen LogP) is 21.7. The number of benzene rings is 12. The molecule has 110 heavy (non-hydrogen) atoms. The van der Waals surface area contributed by atoms with Gasteiger partial charge < -0.3 is 39.0 Å². The zero-order valence-electron chi connectivity index (χ0n) is 60.0. The number of rotatable bonds is 7. The highest BCUT2D eigenvalue weighted by molar-refractivity contribution is 9.10. The van der Waals surface area contributed by atoms with Crippen LogP contribution in [0, 0.1) is 48.4 Å². The van der Waals surface area contributed by atoms with Gasteiger partial charge in [-0.15, -0.1) is 6.42 Å². The monoisotopic (exact) mass is 1540 g/mol. The van der Waals surface area contributed by atoms with Gasteiger partial charge in [0, 0.05) is 65.0 Å². The molecule has 0 spiro atoms. The molecule has 1 aliphatic rings. The lowest BCUT2D eigenvalue weighted by atomic mass is 9.76. The first-order valence-corrected chi connectivity index (χ1v) is 36.4. The lowest BCUT2D eigenvalue weighted by Crippen LogP contribution is -2.41. The van der Waals surface area contributed by atoms with Crippen LogP contribution in [0.4, 0.5) is 0 Å². The van der Waals surface area contributed by atoms with Gasteiger partial charge in [-0.25, -0.2) is 20.9 Å². The Labute approximate surface area is 656 Å². The first-order valence-electron chi connectivity index (χ1n) is 34.8. The molecular formula is C92H70B2BrCl2N6O7-. The molecule has 13 nitrogen and oxygen atoms in total. The van der Waals surface area contributed by atoms with Crippen LogP contribution in [0.1, 0.15) is 49.0 Å². The molecular weight excluding hydrogens is 1470 g/mol. The van der Waals surface area contributed by atoms with Crippen molar-refractivity contribution in [3.63, 3.8) is 0 Å². The molecule has 0 bridgehead atoms. The number of nitrogens with zero attached hydrogens (tertiary/aromatic N) is 6. The number of imidazole rings is 3. The topological polar surface area (TPSA) is 152 Å². The van der Waals surface area contributed by atoms with Gasteiger partial charge in [-0.1, -0.05) is 168 Å². The van der Waals surface area contributed by atoms with E-state index in [0.717, 1.165) is 154 Å². The minimum atomic E-state index is -1.60. The minimum absolute atomic E-state index is 0. The Morgan fingerprint density at radius 2 is 0.827 bits per heavy atom. The van der Waals surface area contributed by atoms with E-state index in [1.54, 1.807) is 18.4 Å². The van der Waals surface area contributed by atoms with Crippen molar-refractivity contribution in [2.75, 3.05) is 0 Å². The van der Waals surface area contributed by atoms with E-state index < -0.39 is 25.4 Å². The number of hydrogen-bond acceptors (Lipinski definition) is 10. The first-order chi connectivity index (χ1) is 53.0. The van der Waals surface area contributed by atoms with Gasteiger partial charge in [0.05, 0.1) is 54.3 Å². The fourth-order valence-electron chi connectivity index (χ4n) is 13.2. The minimum Gasteiger partial charge on any atom is -0.456 e. The van der Waals surface area contributed by atoms with Crippen molar-refractivity contribution in [1.82, 2.24) is 28.7 Å². The van der Waals surface area contributed by atoms with Gasteiger partial charge in [-0.2, -0.15) is 0 Å². The molecule has 1 aliphatic heterocycles. The summed E-state index contributed by atoms with van der Waals surface area (Å²) in [5.74, 6) is 15.5. The molecule has 7 heterocycles. The summed E-state index contributed by atoms with van der Waals surface area (Å²) in [6, 6.07) is 90.0. The maximum absolute atomic E-state index is 9.44. The van der Waals surface area contributed by atoms with Gasteiger partial charge >= 0.3 is 14.2 Å². The number of furan rings is 3. The third kappa shape index (κ3) is 15.3. The number of fused-ring (bicyclic) bond motifs is 12. The first kappa shape index (κ1) is 75.9. The number of halogens is 3. The van der Waals surface area contributed by atoms with Crippen LogP contribution >= 0.6 is 39.1 Å². The van der Waals surface area contributed by atoms with Crippen LogP contribution in [0.15, 0.2) is 291 Å². The van der Waals surface area contributed by atoms with Gasteiger partial charge in [-0.05, 0) is 217 Å². The van der Waals surface area contributed by atoms with E-state index in [0.29, 0.717) is 5.02 Å². The Bertz CT molecular complexity index is 6580. The summed E-state index contributed by atoms with van der Waals surface area (Å²) in [5, 5.41) is 26.3. The van der Waals surface area contributed by atoms with Gasteiger partial charge in [0.2, 0.25) is 0 Å². The second-order valence-corrected chi connectivity index (χ2v) is 27.8. The van der Waals surface area contributed by atoms with E-state index in [-0.39, 0.29) is 13.2 Å². The Morgan fingerprint density at radius 1 is 0.445 bits per heavy atom. The summed E-state index contributed by atoms with van der Waals surface area (Å²) in [5.41, 5.74) is 16.0. The van der Waals surface area contributed by atoms with Crippen LogP contribution in [0.3, 0.4) is 0 Å². The van der Waals surface area contributed by atoms with Crippen LogP contribution in [-0.4, -0.2) is 64.1 Å². The molecule has 1 fully saturated rings. The van der Waals surface area contributed by atoms with Crippen LogP contribution in [0.2, 0.25) is 10.0 Å². The molecule has 0 aliphatic carbocycles. The van der Waals surface area contributed by atoms with Crippen LogP contribution in [0.5, 0.6) is 0 Å². The molecule has 2 N–H and O–H groups in total. The molecule has 0 saturated carbocycles. The Balaban J connectivity index is 0.000000129. The molecule has 0 radical (unpaired) electrons. The average Bonchev–Trinajstić information content (AvgIpc) is 1.60. The largest absolute Gasteiger partial charge is 0.526 e. The average molecular weight is 1540 g/mol. The maximum Gasteiger partial charge on any atom is 0.526 e. The third-order valence-corrected chi connectivity index (χ3v) is 19.9. The summed E-state index contributed by atoms with van der Waals surface area (Å²) >= 11 is 16.1. The molecule has 0 amide bonds. The second kappa shape index (κ2) is 33.1. The number of para-hydroxylation sites is 9. The number of hydrogen-bond donors (Lipinski definition) is 2. The Morgan fingerprint density at radius 3 is 1.25 bits per heavy atom. The summed E-state index contributed by atoms with van der Waals surface area (Å²) in [6.45, 7) is 11.7. The van der Waals surface area contributed by atoms with Crippen molar-refractivity contribution in [3.05, 3.63) is 294 Å². The van der Waals surface area contributed by atoms with E-state index in [1.165, 1.54) is 0 Å². The Kier molecular flexibility index (Phi) is 22.8. The maximum atomic E-state index is 9.44. The highest BCUT2D eigenvalue weighted by atomic mass is 79.9. The normalized spacial score (nSPS) is 12.3. The standard InChI is InChI=1S/C31H27BN2O3.C25H15ClN2O.C13H11BN2O2.C12H6BrClO.C5H4.C5H3.CH4/c1-30(2)31(3,4)37-32(36-30)23-13-10-16-27-28(23)22-19-20(17-18-26(22)35-27)29-33-24-14-8-9-15-25(24)34(29)21-11-6-5-7-12-21;26-19-9-6-12-23-24(19)18-15-16(13-14-22(18)29-23)25-27-20-10-4-5-11-21(20)28(25)17-7-2-1-3-8-17;17-14(18)13-15-11-8-4-5-9-12(11)16(13)10-6-2-1-3-7-10;13-7-4-5-10-8(6-7)12-9(14)2-1-3-11(12)15-10;2*1-3-5-4-2;/h5-19H,1-4H3;1-15H;1-9,17-18H;1-6H;1H,2H3;1H3;1H4/q;;;;;-1;. The smallest absolute Gasteiger partial charge is 0.456 e. The summed E-state index contributed by atoms with van der Waals surface area (Å²) in [4.78, 5) is 14.3. The third-order valence-electron chi connectivity index (χ3n) is 18.8. The van der Waals surface area contributed by atoms with Crippen molar-refractivity contribution >= 4 is 163 Å².